The highest BCUT2D eigenvalue weighted by Crippen LogP contribution is 2.26. The minimum Gasteiger partial charge on any atom is -0.366 e. The summed E-state index contributed by atoms with van der Waals surface area (Å²) in [6.45, 7) is 1.91. The molecule has 0 saturated heterocycles. The second-order valence-electron chi connectivity index (χ2n) is 5.70. The number of aromatic nitrogens is 4. The maximum atomic E-state index is 11.6. The summed E-state index contributed by atoms with van der Waals surface area (Å²) in [5, 5.41) is 5.21. The fraction of sp³-hybridized carbons (Fsp3) is 0.0556. The molecule has 0 bridgehead atoms. The minimum absolute atomic E-state index is 0.391. The van der Waals surface area contributed by atoms with E-state index in [9.17, 15) is 4.79 Å². The molecular formula is C18H14ClN5O. The lowest BCUT2D eigenvalue weighted by atomic mass is 10.2. The predicted octanol–water partition coefficient (Wildman–Crippen LogP) is 3.48. The number of nitrogens with two attached hydrogens (primary N) is 1. The van der Waals surface area contributed by atoms with Crippen molar-refractivity contribution >= 4 is 28.5 Å². The van der Waals surface area contributed by atoms with Gasteiger partial charge >= 0.3 is 0 Å². The summed E-state index contributed by atoms with van der Waals surface area (Å²) in [4.78, 5) is 19.4. The van der Waals surface area contributed by atoms with Crippen LogP contribution in [-0.2, 0) is 0 Å². The summed E-state index contributed by atoms with van der Waals surface area (Å²) >= 11 is 5.93. The van der Waals surface area contributed by atoms with Crippen molar-refractivity contribution in [2.24, 2.45) is 5.73 Å². The number of nitrogens with one attached hydrogen (secondary N) is 1. The number of carbonyl (C=O) groups excluding carboxylic acids is 1. The molecule has 0 aliphatic carbocycles. The quantitative estimate of drug-likeness (QED) is 0.592. The molecule has 0 fully saturated rings. The number of halogens is 1. The number of amides is 1. The van der Waals surface area contributed by atoms with Crippen molar-refractivity contribution in [2.75, 3.05) is 0 Å². The summed E-state index contributed by atoms with van der Waals surface area (Å²) in [6.07, 6.45) is 1.89. The van der Waals surface area contributed by atoms with Gasteiger partial charge in [0.05, 0.1) is 28.0 Å². The maximum absolute atomic E-state index is 11.6. The number of carbonyl (C=O) groups is 1. The van der Waals surface area contributed by atoms with E-state index in [2.05, 4.69) is 15.1 Å². The number of imidazole rings is 1. The van der Waals surface area contributed by atoms with Gasteiger partial charge in [0, 0.05) is 11.2 Å². The van der Waals surface area contributed by atoms with Crippen molar-refractivity contribution < 1.29 is 4.79 Å². The summed E-state index contributed by atoms with van der Waals surface area (Å²) < 4.78 is 1.77. The van der Waals surface area contributed by atoms with E-state index in [4.69, 9.17) is 17.3 Å². The van der Waals surface area contributed by atoms with Gasteiger partial charge in [-0.2, -0.15) is 5.10 Å². The summed E-state index contributed by atoms with van der Waals surface area (Å²) in [6, 6.07) is 12.7. The number of rotatable bonds is 3. The van der Waals surface area contributed by atoms with Crippen LogP contribution in [0.4, 0.5) is 0 Å². The van der Waals surface area contributed by atoms with E-state index in [1.165, 1.54) is 0 Å². The van der Waals surface area contributed by atoms with Crippen LogP contribution in [0.2, 0.25) is 5.02 Å². The zero-order valence-electron chi connectivity index (χ0n) is 13.3. The summed E-state index contributed by atoms with van der Waals surface area (Å²) in [5.74, 6) is 0.138. The van der Waals surface area contributed by atoms with Crippen LogP contribution in [0.1, 0.15) is 16.1 Å². The number of aromatic amines is 1. The molecule has 1 amide bonds. The smallest absolute Gasteiger partial charge is 0.250 e. The molecule has 0 unspecified atom stereocenters. The number of fused-ring (bicyclic) bond motifs is 1. The van der Waals surface area contributed by atoms with Gasteiger partial charge in [0.15, 0.2) is 0 Å². The monoisotopic (exact) mass is 351 g/mol. The Morgan fingerprint density at radius 1 is 1.20 bits per heavy atom. The van der Waals surface area contributed by atoms with E-state index in [1.54, 1.807) is 16.8 Å². The molecule has 0 aliphatic rings. The fourth-order valence-corrected chi connectivity index (χ4v) is 2.90. The number of benzene rings is 2. The lowest BCUT2D eigenvalue weighted by molar-refractivity contribution is 0.100. The van der Waals surface area contributed by atoms with Gasteiger partial charge < -0.3 is 10.7 Å². The Balaban J connectivity index is 1.82. The first-order chi connectivity index (χ1) is 12.0. The van der Waals surface area contributed by atoms with Crippen LogP contribution in [0.5, 0.6) is 0 Å². The lowest BCUT2D eigenvalue weighted by Crippen LogP contribution is -2.11. The molecule has 2 aromatic heterocycles. The van der Waals surface area contributed by atoms with Crippen LogP contribution >= 0.6 is 11.6 Å². The van der Waals surface area contributed by atoms with Crippen molar-refractivity contribution in [1.29, 1.82) is 0 Å². The first-order valence-electron chi connectivity index (χ1n) is 7.64. The van der Waals surface area contributed by atoms with Crippen LogP contribution < -0.4 is 5.73 Å². The number of H-pyrrole nitrogens is 1. The van der Waals surface area contributed by atoms with Gasteiger partial charge in [0.1, 0.15) is 11.3 Å². The lowest BCUT2D eigenvalue weighted by Gasteiger charge is -2.00. The fourth-order valence-electron chi connectivity index (χ4n) is 2.78. The Labute approximate surface area is 148 Å². The Morgan fingerprint density at radius 3 is 2.68 bits per heavy atom. The van der Waals surface area contributed by atoms with Crippen LogP contribution in [0.3, 0.4) is 0 Å². The standard InChI is InChI=1S/C18H14ClN5O/c1-10-14(9-24(23-10)12-7-5-11(19)6-8-12)18-21-15-4-2-3-13(17(20)25)16(15)22-18/h2-9H,1H3,(H2,20,25)(H,21,22). The summed E-state index contributed by atoms with van der Waals surface area (Å²) in [7, 11) is 0. The molecule has 6 nitrogen and oxygen atoms in total. The van der Waals surface area contributed by atoms with Crippen molar-refractivity contribution in [2.45, 2.75) is 6.92 Å². The first-order valence-corrected chi connectivity index (χ1v) is 8.02. The predicted molar refractivity (Wildman–Crippen MR) is 96.9 cm³/mol. The third-order valence-electron chi connectivity index (χ3n) is 4.02. The zero-order chi connectivity index (χ0) is 17.6. The molecule has 4 rings (SSSR count). The highest BCUT2D eigenvalue weighted by Gasteiger charge is 2.15. The number of hydrogen-bond donors (Lipinski definition) is 2. The highest BCUT2D eigenvalue weighted by atomic mass is 35.5. The first kappa shape index (κ1) is 15.4. The van der Waals surface area contributed by atoms with E-state index >= 15 is 0 Å². The van der Waals surface area contributed by atoms with Crippen LogP contribution in [0.15, 0.2) is 48.7 Å². The van der Waals surface area contributed by atoms with Gasteiger partial charge in [0.25, 0.3) is 5.91 Å². The molecule has 7 heteroatoms. The molecular weight excluding hydrogens is 338 g/mol. The van der Waals surface area contributed by atoms with Crippen molar-refractivity contribution in [3.63, 3.8) is 0 Å². The normalized spacial score (nSPS) is 11.1. The van der Waals surface area contributed by atoms with Crippen LogP contribution in [-0.4, -0.2) is 25.7 Å². The molecule has 2 heterocycles. The largest absolute Gasteiger partial charge is 0.366 e. The highest BCUT2D eigenvalue weighted by molar-refractivity contribution is 6.30. The molecule has 3 N–H and O–H groups in total. The molecule has 0 atom stereocenters. The molecule has 4 aromatic rings. The molecule has 25 heavy (non-hydrogen) atoms. The van der Waals surface area contributed by atoms with Gasteiger partial charge in [-0.25, -0.2) is 9.67 Å². The number of para-hydroxylation sites is 1. The van der Waals surface area contributed by atoms with Gasteiger partial charge in [-0.3, -0.25) is 4.79 Å². The third kappa shape index (κ3) is 2.66. The Bertz CT molecular complexity index is 1090. The molecule has 0 spiro atoms. The average Bonchev–Trinajstić information content (AvgIpc) is 3.18. The van der Waals surface area contributed by atoms with Crippen molar-refractivity contribution in [3.05, 3.63) is 64.9 Å². The molecule has 0 radical (unpaired) electrons. The average molecular weight is 352 g/mol. The molecule has 0 saturated carbocycles. The van der Waals surface area contributed by atoms with E-state index in [0.717, 1.165) is 22.5 Å². The van der Waals surface area contributed by atoms with E-state index in [1.807, 2.05) is 43.5 Å². The van der Waals surface area contributed by atoms with Crippen LogP contribution in [0, 0.1) is 6.92 Å². The van der Waals surface area contributed by atoms with Gasteiger partial charge in [-0.05, 0) is 43.3 Å². The number of hydrogen-bond acceptors (Lipinski definition) is 3. The van der Waals surface area contributed by atoms with E-state index in [-0.39, 0.29) is 0 Å². The van der Waals surface area contributed by atoms with Gasteiger partial charge in [-0.15, -0.1) is 0 Å². The SMILES string of the molecule is Cc1nn(-c2ccc(Cl)cc2)cc1-c1nc2c(C(N)=O)cccc2[nH]1. The van der Waals surface area contributed by atoms with Crippen molar-refractivity contribution in [3.8, 4) is 17.1 Å². The number of aryl methyl sites for hydroxylation is 1. The number of primary amides is 1. The maximum Gasteiger partial charge on any atom is 0.250 e. The molecule has 124 valence electrons. The Hall–Kier alpha value is -3.12. The topological polar surface area (TPSA) is 89.6 Å². The van der Waals surface area contributed by atoms with Gasteiger partial charge in [-0.1, -0.05) is 17.7 Å². The Kier molecular flexibility index (Phi) is 3.54. The minimum atomic E-state index is -0.503. The van der Waals surface area contributed by atoms with Gasteiger partial charge in [0.2, 0.25) is 0 Å². The molecule has 2 aromatic carbocycles. The second kappa shape index (κ2) is 5.75. The van der Waals surface area contributed by atoms with Crippen LogP contribution in [0.25, 0.3) is 28.1 Å². The Morgan fingerprint density at radius 2 is 1.96 bits per heavy atom. The number of nitrogens with zero attached hydrogens (tertiary/aromatic N) is 3. The second-order valence-corrected chi connectivity index (χ2v) is 6.14. The van der Waals surface area contributed by atoms with E-state index < -0.39 is 5.91 Å². The van der Waals surface area contributed by atoms with Crippen molar-refractivity contribution in [1.82, 2.24) is 19.7 Å². The zero-order valence-corrected chi connectivity index (χ0v) is 14.1. The summed E-state index contributed by atoms with van der Waals surface area (Å²) in [5.41, 5.74) is 9.69. The molecule has 0 aliphatic heterocycles. The third-order valence-corrected chi connectivity index (χ3v) is 4.28. The van der Waals surface area contributed by atoms with E-state index in [0.29, 0.717) is 21.9 Å².